The average molecular weight is 269 g/mol. The molecule has 0 spiro atoms. The van der Waals surface area contributed by atoms with Gasteiger partial charge in [0.05, 0.1) is 6.54 Å². The number of benzene rings is 1. The molecule has 0 radical (unpaired) electrons. The number of nitrogens with zero attached hydrogens (tertiary/aromatic N) is 1. The van der Waals surface area contributed by atoms with Crippen molar-refractivity contribution in [2.45, 2.75) is 6.42 Å². The molecule has 1 aliphatic rings. The van der Waals surface area contributed by atoms with Crippen molar-refractivity contribution in [3.63, 3.8) is 0 Å². The van der Waals surface area contributed by atoms with Crippen LogP contribution < -0.4 is 11.1 Å². The van der Waals surface area contributed by atoms with E-state index in [0.29, 0.717) is 19.5 Å². The first kappa shape index (κ1) is 13.3. The van der Waals surface area contributed by atoms with E-state index in [1.807, 2.05) is 0 Å². The number of nitrogens with one attached hydrogen (secondary N) is 1. The maximum absolute atomic E-state index is 13.3. The Morgan fingerprint density at radius 3 is 2.58 bits per heavy atom. The molecule has 1 aromatic carbocycles. The van der Waals surface area contributed by atoms with Gasteiger partial charge in [-0.15, -0.1) is 0 Å². The molecule has 2 amide bonds. The molecule has 1 heterocycles. The molecule has 2 rings (SSSR count). The third kappa shape index (κ3) is 2.81. The molecular weight excluding hydrogens is 256 g/mol. The Kier molecular flexibility index (Phi) is 3.64. The molecule has 1 aliphatic heterocycles. The smallest absolute Gasteiger partial charge is 0.254 e. The van der Waals surface area contributed by atoms with Crippen molar-refractivity contribution in [2.75, 3.05) is 25.4 Å². The van der Waals surface area contributed by atoms with Gasteiger partial charge >= 0.3 is 0 Å². The van der Waals surface area contributed by atoms with E-state index in [4.69, 9.17) is 5.73 Å². The number of carbonyl (C=O) groups excluding carboxylic acids is 2. The van der Waals surface area contributed by atoms with Gasteiger partial charge in [0, 0.05) is 18.7 Å². The summed E-state index contributed by atoms with van der Waals surface area (Å²) in [6, 6.07) is 1.76. The maximum Gasteiger partial charge on any atom is 0.254 e. The van der Waals surface area contributed by atoms with Crippen molar-refractivity contribution in [1.29, 1.82) is 0 Å². The highest BCUT2D eigenvalue weighted by Gasteiger charge is 2.22. The first-order chi connectivity index (χ1) is 8.99. The molecule has 0 bridgehead atoms. The van der Waals surface area contributed by atoms with Crippen molar-refractivity contribution < 1.29 is 18.4 Å². The van der Waals surface area contributed by atoms with E-state index in [-0.39, 0.29) is 18.0 Å². The Bertz CT molecular complexity index is 511. The number of carbonyl (C=O) groups is 2. The normalized spacial score (nSPS) is 15.9. The Labute approximate surface area is 108 Å². The Balaban J connectivity index is 2.25. The van der Waals surface area contributed by atoms with Crippen LogP contribution in [0.25, 0.3) is 0 Å². The predicted molar refractivity (Wildman–Crippen MR) is 64.3 cm³/mol. The molecule has 19 heavy (non-hydrogen) atoms. The van der Waals surface area contributed by atoms with Crippen LogP contribution in [0, 0.1) is 11.6 Å². The number of amides is 2. The van der Waals surface area contributed by atoms with Gasteiger partial charge in [-0.2, -0.15) is 0 Å². The minimum Gasteiger partial charge on any atom is -0.394 e. The van der Waals surface area contributed by atoms with Crippen molar-refractivity contribution in [3.05, 3.63) is 29.3 Å². The van der Waals surface area contributed by atoms with Gasteiger partial charge in [-0.1, -0.05) is 0 Å². The highest BCUT2D eigenvalue weighted by molar-refractivity contribution is 5.97. The van der Waals surface area contributed by atoms with E-state index in [0.717, 1.165) is 12.1 Å². The van der Waals surface area contributed by atoms with Crippen LogP contribution in [-0.4, -0.2) is 36.3 Å². The molecule has 0 saturated carbocycles. The van der Waals surface area contributed by atoms with Crippen LogP contribution in [0.5, 0.6) is 0 Å². The summed E-state index contributed by atoms with van der Waals surface area (Å²) in [6.45, 7) is 0.713. The number of nitrogen functional groups attached to an aromatic ring is 1. The van der Waals surface area contributed by atoms with Crippen molar-refractivity contribution in [3.8, 4) is 0 Å². The predicted octanol–water partition coefficient (Wildman–Crippen LogP) is 0.509. The Hall–Kier alpha value is -2.18. The van der Waals surface area contributed by atoms with Crippen molar-refractivity contribution in [2.24, 2.45) is 0 Å². The van der Waals surface area contributed by atoms with Crippen LogP contribution in [0.3, 0.4) is 0 Å². The fourth-order valence-corrected chi connectivity index (χ4v) is 1.87. The zero-order chi connectivity index (χ0) is 14.0. The van der Waals surface area contributed by atoms with Crippen LogP contribution >= 0.6 is 0 Å². The zero-order valence-electron chi connectivity index (χ0n) is 10.1. The summed E-state index contributed by atoms with van der Waals surface area (Å²) >= 11 is 0. The molecule has 5 nitrogen and oxygen atoms in total. The number of nitrogens with two attached hydrogens (primary N) is 1. The number of hydrogen-bond donors (Lipinski definition) is 2. The third-order valence-corrected chi connectivity index (χ3v) is 2.87. The van der Waals surface area contributed by atoms with Crippen LogP contribution in [-0.2, 0) is 4.79 Å². The maximum atomic E-state index is 13.3. The summed E-state index contributed by atoms with van der Waals surface area (Å²) in [4.78, 5) is 24.7. The molecule has 1 fully saturated rings. The second kappa shape index (κ2) is 5.21. The second-order valence-electron chi connectivity index (χ2n) is 4.28. The van der Waals surface area contributed by atoms with E-state index >= 15 is 0 Å². The van der Waals surface area contributed by atoms with Crippen LogP contribution in [0.15, 0.2) is 12.1 Å². The molecule has 0 unspecified atom stereocenters. The van der Waals surface area contributed by atoms with Gasteiger partial charge in [0.1, 0.15) is 17.3 Å². The first-order valence-electron chi connectivity index (χ1n) is 5.79. The number of rotatable bonds is 1. The molecule has 0 aliphatic carbocycles. The quantitative estimate of drug-likeness (QED) is 0.729. The molecule has 3 N–H and O–H groups in total. The van der Waals surface area contributed by atoms with E-state index in [1.54, 1.807) is 0 Å². The molecular formula is C12H13F2N3O2. The van der Waals surface area contributed by atoms with Gasteiger partial charge in [-0.05, 0) is 18.6 Å². The molecule has 1 saturated heterocycles. The van der Waals surface area contributed by atoms with Crippen LogP contribution in [0.2, 0.25) is 0 Å². The summed E-state index contributed by atoms with van der Waals surface area (Å²) in [6.07, 6.45) is 0.595. The lowest BCUT2D eigenvalue weighted by Crippen LogP contribution is -2.37. The van der Waals surface area contributed by atoms with Gasteiger partial charge in [0.2, 0.25) is 5.91 Å². The highest BCUT2D eigenvalue weighted by Crippen LogP contribution is 2.18. The van der Waals surface area contributed by atoms with Gasteiger partial charge in [0.15, 0.2) is 0 Å². The zero-order valence-corrected chi connectivity index (χ0v) is 10.1. The van der Waals surface area contributed by atoms with Gasteiger partial charge in [0.25, 0.3) is 5.91 Å². The topological polar surface area (TPSA) is 75.4 Å². The molecule has 1 aromatic rings. The lowest BCUT2D eigenvalue weighted by molar-refractivity contribution is -0.121. The average Bonchev–Trinajstić information content (AvgIpc) is 2.59. The Morgan fingerprint density at radius 2 is 1.95 bits per heavy atom. The summed E-state index contributed by atoms with van der Waals surface area (Å²) in [7, 11) is 0. The second-order valence-corrected chi connectivity index (χ2v) is 4.28. The first-order valence-corrected chi connectivity index (χ1v) is 5.79. The fraction of sp³-hybridized carbons (Fsp3) is 0.333. The molecule has 0 aromatic heterocycles. The van der Waals surface area contributed by atoms with Gasteiger partial charge < -0.3 is 16.0 Å². The Morgan fingerprint density at radius 1 is 1.32 bits per heavy atom. The third-order valence-electron chi connectivity index (χ3n) is 2.87. The number of anilines is 1. The SMILES string of the molecule is Nc1c(F)cc(C(=O)N2CCCNC(=O)C2)cc1F. The minimum absolute atomic E-state index is 0.119. The molecule has 0 atom stereocenters. The standard InChI is InChI=1S/C12H13F2N3O2/c13-8-4-7(5-9(14)11(8)15)12(19)17-3-1-2-16-10(18)6-17/h4-5H,1-3,6,15H2,(H,16,18). The summed E-state index contributed by atoms with van der Waals surface area (Å²) in [5, 5.41) is 2.61. The largest absolute Gasteiger partial charge is 0.394 e. The highest BCUT2D eigenvalue weighted by atomic mass is 19.1. The van der Waals surface area contributed by atoms with Crippen molar-refractivity contribution in [1.82, 2.24) is 10.2 Å². The van der Waals surface area contributed by atoms with E-state index in [2.05, 4.69) is 5.32 Å². The van der Waals surface area contributed by atoms with E-state index < -0.39 is 23.2 Å². The monoisotopic (exact) mass is 269 g/mol. The minimum atomic E-state index is -0.984. The van der Waals surface area contributed by atoms with E-state index in [1.165, 1.54) is 4.90 Å². The molecule has 7 heteroatoms. The fourth-order valence-electron chi connectivity index (χ4n) is 1.87. The van der Waals surface area contributed by atoms with Gasteiger partial charge in [-0.3, -0.25) is 9.59 Å². The lowest BCUT2D eigenvalue weighted by atomic mass is 10.1. The number of halogens is 2. The summed E-state index contributed by atoms with van der Waals surface area (Å²) in [5.74, 6) is -2.85. The van der Waals surface area contributed by atoms with E-state index in [9.17, 15) is 18.4 Å². The van der Waals surface area contributed by atoms with Crippen molar-refractivity contribution >= 4 is 17.5 Å². The summed E-state index contributed by atoms with van der Waals surface area (Å²) < 4.78 is 26.6. The summed E-state index contributed by atoms with van der Waals surface area (Å²) in [5.41, 5.74) is 4.36. The molecule has 102 valence electrons. The van der Waals surface area contributed by atoms with Crippen LogP contribution in [0.4, 0.5) is 14.5 Å². The van der Waals surface area contributed by atoms with Crippen LogP contribution in [0.1, 0.15) is 16.8 Å². The lowest BCUT2D eigenvalue weighted by Gasteiger charge is -2.19. The van der Waals surface area contributed by atoms with Gasteiger partial charge in [-0.25, -0.2) is 8.78 Å². The number of hydrogen-bond acceptors (Lipinski definition) is 3.